The lowest BCUT2D eigenvalue weighted by molar-refractivity contribution is 0.996. The molecule has 0 unspecified atom stereocenters. The van der Waals surface area contributed by atoms with E-state index in [0.717, 1.165) is 39.1 Å². The van der Waals surface area contributed by atoms with Crippen molar-refractivity contribution in [1.29, 1.82) is 0 Å². The molecule has 0 spiro atoms. The Morgan fingerprint density at radius 2 is 1.08 bits per heavy atom. The normalized spacial score (nSPS) is 11.8. The Morgan fingerprint density at radius 1 is 0.438 bits per heavy atom. The van der Waals surface area contributed by atoms with Crippen LogP contribution in [0.5, 0.6) is 0 Å². The van der Waals surface area contributed by atoms with E-state index in [0.29, 0.717) is 5.95 Å². The molecule has 0 amide bonds. The first-order valence-corrected chi connectivity index (χ1v) is 17.0. The lowest BCUT2D eigenvalue weighted by Crippen LogP contribution is -2.04. The summed E-state index contributed by atoms with van der Waals surface area (Å²) in [4.78, 5) is 10.6. The monoisotopic (exact) mass is 629 g/mol. The first kappa shape index (κ1) is 27.1. The highest BCUT2D eigenvalue weighted by Crippen LogP contribution is 2.43. The Bertz CT molecular complexity index is 2770. The second kappa shape index (κ2) is 10.7. The van der Waals surface area contributed by atoms with Crippen molar-refractivity contribution in [2.24, 2.45) is 0 Å². The zero-order chi connectivity index (χ0) is 31.6. The minimum absolute atomic E-state index is 0.655. The van der Waals surface area contributed by atoms with Gasteiger partial charge in [0.25, 0.3) is 0 Å². The summed E-state index contributed by atoms with van der Waals surface area (Å²) >= 11 is 1.86. The van der Waals surface area contributed by atoms with Gasteiger partial charge in [-0.15, -0.1) is 11.3 Å². The minimum atomic E-state index is 0.655. The number of hydrogen-bond donors (Lipinski definition) is 0. The number of rotatable bonds is 4. The number of hydrogen-bond acceptors (Lipinski definition) is 3. The Balaban J connectivity index is 1.28. The predicted octanol–water partition coefficient (Wildman–Crippen LogP) is 12.1. The highest BCUT2D eigenvalue weighted by molar-refractivity contribution is 7.26. The average molecular weight is 630 g/mol. The van der Waals surface area contributed by atoms with E-state index in [2.05, 4.69) is 156 Å². The van der Waals surface area contributed by atoms with Gasteiger partial charge >= 0.3 is 0 Å². The molecule has 0 saturated heterocycles. The van der Waals surface area contributed by atoms with Gasteiger partial charge in [-0.05, 0) is 46.7 Å². The van der Waals surface area contributed by atoms with Gasteiger partial charge in [-0.1, -0.05) is 133 Å². The number of fused-ring (bicyclic) bond motifs is 8. The highest BCUT2D eigenvalue weighted by Gasteiger charge is 2.20. The summed E-state index contributed by atoms with van der Waals surface area (Å²) < 4.78 is 4.88. The number of thiophene rings is 1. The third-order valence-corrected chi connectivity index (χ3v) is 10.6. The van der Waals surface area contributed by atoms with E-state index in [4.69, 9.17) is 9.97 Å². The number of para-hydroxylation sites is 2. The summed E-state index contributed by atoms with van der Waals surface area (Å²) in [6.45, 7) is 0. The Labute approximate surface area is 281 Å². The summed E-state index contributed by atoms with van der Waals surface area (Å²) in [5.74, 6) is 0.655. The molecule has 4 heteroatoms. The van der Waals surface area contributed by atoms with E-state index in [1.165, 1.54) is 47.3 Å². The molecule has 0 fully saturated rings. The van der Waals surface area contributed by atoms with Gasteiger partial charge in [0.2, 0.25) is 5.95 Å². The van der Waals surface area contributed by atoms with Crippen LogP contribution in [0.1, 0.15) is 0 Å². The van der Waals surface area contributed by atoms with Crippen molar-refractivity contribution in [2.45, 2.75) is 0 Å². The van der Waals surface area contributed by atoms with Gasteiger partial charge in [0.05, 0.1) is 22.4 Å². The highest BCUT2D eigenvalue weighted by atomic mass is 32.1. The molecule has 0 N–H and O–H groups in total. The molecule has 7 aromatic carbocycles. The summed E-state index contributed by atoms with van der Waals surface area (Å²) in [6.07, 6.45) is 0. The average Bonchev–Trinajstić information content (AvgIpc) is 3.71. The lowest BCUT2D eigenvalue weighted by Gasteiger charge is -2.14. The van der Waals surface area contributed by atoms with Gasteiger partial charge in [0.1, 0.15) is 0 Å². The fourth-order valence-electron chi connectivity index (χ4n) is 7.22. The fourth-order valence-corrected chi connectivity index (χ4v) is 8.32. The molecule has 0 aliphatic carbocycles. The third-order valence-electron chi connectivity index (χ3n) is 9.42. The molecule has 0 saturated carbocycles. The van der Waals surface area contributed by atoms with Crippen molar-refractivity contribution in [3.63, 3.8) is 0 Å². The van der Waals surface area contributed by atoms with Crippen molar-refractivity contribution >= 4 is 64.1 Å². The first-order chi connectivity index (χ1) is 23.8. The molecule has 0 atom stereocenters. The number of benzene rings is 7. The molecule has 10 aromatic rings. The van der Waals surface area contributed by atoms with E-state index in [-0.39, 0.29) is 0 Å². The summed E-state index contributed by atoms with van der Waals surface area (Å²) in [5, 5.41) is 7.54. The maximum Gasteiger partial charge on any atom is 0.235 e. The summed E-state index contributed by atoms with van der Waals surface area (Å²) in [6, 6.07) is 58.3. The van der Waals surface area contributed by atoms with Gasteiger partial charge in [-0.2, -0.15) is 0 Å². The predicted molar refractivity (Wildman–Crippen MR) is 203 cm³/mol. The maximum absolute atomic E-state index is 5.28. The van der Waals surface area contributed by atoms with E-state index in [1.807, 2.05) is 23.5 Å². The SMILES string of the molecule is c1ccc(-c2cc(-c3ccccc3)nc(-n3c4ccccc4c4cccc(-c5ccc6sc7ccc8ccccc8c7c6c5)c43)n2)cc1. The number of aromatic nitrogens is 3. The Morgan fingerprint density at radius 3 is 1.85 bits per heavy atom. The van der Waals surface area contributed by atoms with Crippen molar-refractivity contribution in [2.75, 3.05) is 0 Å². The zero-order valence-corrected chi connectivity index (χ0v) is 26.7. The van der Waals surface area contributed by atoms with Gasteiger partial charge in [0.15, 0.2) is 0 Å². The van der Waals surface area contributed by atoms with E-state index in [1.54, 1.807) is 0 Å². The van der Waals surface area contributed by atoms with Crippen LogP contribution in [0.15, 0.2) is 164 Å². The molecular formula is C44H27N3S. The summed E-state index contributed by atoms with van der Waals surface area (Å²) in [7, 11) is 0. The molecule has 10 rings (SSSR count). The van der Waals surface area contributed by atoms with Gasteiger partial charge in [-0.25, -0.2) is 9.97 Å². The standard InChI is InChI=1S/C44H27N3S/c1-3-13-29(14-4-1)37-27-38(30-15-5-2-6-16-30)46-44(45-37)47-39-21-10-9-18-34(39)35-20-11-19-33(43(35)47)31-23-24-40-36(26-31)42-32-17-8-7-12-28(32)22-25-41(42)48-40/h1-27H. The van der Waals surface area contributed by atoms with Gasteiger partial charge in [-0.3, -0.25) is 4.57 Å². The molecule has 0 aliphatic heterocycles. The molecule has 3 aromatic heterocycles. The molecule has 0 aliphatic rings. The van der Waals surface area contributed by atoms with Crippen LogP contribution in [-0.2, 0) is 0 Å². The lowest BCUT2D eigenvalue weighted by atomic mass is 9.98. The van der Waals surface area contributed by atoms with Crippen LogP contribution < -0.4 is 0 Å². The van der Waals surface area contributed by atoms with Crippen LogP contribution in [0.2, 0.25) is 0 Å². The molecule has 0 radical (unpaired) electrons. The summed E-state index contributed by atoms with van der Waals surface area (Å²) in [5.41, 5.74) is 8.40. The Hall–Kier alpha value is -6.10. The molecule has 224 valence electrons. The van der Waals surface area contributed by atoms with E-state index < -0.39 is 0 Å². The van der Waals surface area contributed by atoms with Crippen molar-refractivity contribution in [3.05, 3.63) is 164 Å². The quantitative estimate of drug-likeness (QED) is 0.194. The molecule has 0 bridgehead atoms. The number of nitrogens with zero attached hydrogens (tertiary/aromatic N) is 3. The van der Waals surface area contributed by atoms with Crippen LogP contribution >= 0.6 is 11.3 Å². The van der Waals surface area contributed by atoms with Crippen molar-refractivity contribution in [3.8, 4) is 39.6 Å². The van der Waals surface area contributed by atoms with Crippen molar-refractivity contribution in [1.82, 2.24) is 14.5 Å². The Kier molecular flexibility index (Phi) is 6.05. The van der Waals surface area contributed by atoms with Crippen LogP contribution in [-0.4, -0.2) is 14.5 Å². The van der Waals surface area contributed by atoms with Crippen molar-refractivity contribution < 1.29 is 0 Å². The second-order valence-electron chi connectivity index (χ2n) is 12.2. The topological polar surface area (TPSA) is 30.7 Å². The van der Waals surface area contributed by atoms with Crippen LogP contribution in [0, 0.1) is 0 Å². The first-order valence-electron chi connectivity index (χ1n) is 16.2. The second-order valence-corrected chi connectivity index (χ2v) is 13.3. The van der Waals surface area contributed by atoms with Crippen LogP contribution in [0.3, 0.4) is 0 Å². The molecule has 48 heavy (non-hydrogen) atoms. The van der Waals surface area contributed by atoms with Gasteiger partial charge < -0.3 is 0 Å². The fraction of sp³-hybridized carbons (Fsp3) is 0. The zero-order valence-electron chi connectivity index (χ0n) is 25.8. The molecule has 3 heterocycles. The molecule has 3 nitrogen and oxygen atoms in total. The van der Waals surface area contributed by atoms with E-state index >= 15 is 0 Å². The van der Waals surface area contributed by atoms with Gasteiger partial charge in [0, 0.05) is 47.6 Å². The third kappa shape index (κ3) is 4.20. The van der Waals surface area contributed by atoms with Crippen LogP contribution in [0.25, 0.3) is 92.3 Å². The smallest absolute Gasteiger partial charge is 0.235 e. The van der Waals surface area contributed by atoms with Crippen LogP contribution in [0.4, 0.5) is 0 Å². The molecular weight excluding hydrogens is 603 g/mol. The largest absolute Gasteiger partial charge is 0.277 e. The maximum atomic E-state index is 5.28. The van der Waals surface area contributed by atoms with E-state index in [9.17, 15) is 0 Å². The minimum Gasteiger partial charge on any atom is -0.277 e.